The van der Waals surface area contributed by atoms with Gasteiger partial charge in [0, 0.05) is 22.5 Å². The van der Waals surface area contributed by atoms with Gasteiger partial charge in [0.1, 0.15) is 17.5 Å². The summed E-state index contributed by atoms with van der Waals surface area (Å²) in [6, 6.07) is 24.0. The fourth-order valence-corrected chi connectivity index (χ4v) is 4.23. The summed E-state index contributed by atoms with van der Waals surface area (Å²) in [5, 5.41) is 11.1. The molecule has 1 aliphatic rings. The highest BCUT2D eigenvalue weighted by Crippen LogP contribution is 2.40. The van der Waals surface area contributed by atoms with Gasteiger partial charge in [-0.2, -0.15) is 4.98 Å². The molecule has 0 saturated carbocycles. The van der Waals surface area contributed by atoms with E-state index in [-0.39, 0.29) is 5.91 Å². The van der Waals surface area contributed by atoms with E-state index in [2.05, 4.69) is 10.6 Å². The lowest BCUT2D eigenvalue weighted by Crippen LogP contribution is -2.31. The molecule has 2 N–H and O–H groups in total. The summed E-state index contributed by atoms with van der Waals surface area (Å²) in [5.41, 5.74) is 3.52. The lowest BCUT2D eigenvalue weighted by Gasteiger charge is -2.29. The number of anilines is 2. The third-order valence-corrected chi connectivity index (χ3v) is 5.89. The molecule has 3 aromatic carbocycles. The highest BCUT2D eigenvalue weighted by Gasteiger charge is 2.36. The molecule has 1 unspecified atom stereocenters. The van der Waals surface area contributed by atoms with Crippen molar-refractivity contribution in [2.45, 2.75) is 13.0 Å². The highest BCUT2D eigenvalue weighted by molar-refractivity contribution is 6.06. The fraction of sp³-hybridized carbons (Fsp3) is 0.148. The summed E-state index contributed by atoms with van der Waals surface area (Å²) in [6.45, 7) is 1.87. The number of aromatic nitrogens is 3. The van der Waals surface area contributed by atoms with E-state index in [4.69, 9.17) is 19.6 Å². The molecule has 1 aliphatic heterocycles. The predicted molar refractivity (Wildman–Crippen MR) is 135 cm³/mol. The number of para-hydroxylation sites is 2. The second-order valence-corrected chi connectivity index (χ2v) is 8.06. The van der Waals surface area contributed by atoms with E-state index in [0.717, 1.165) is 11.1 Å². The minimum absolute atomic E-state index is 0.235. The molecular weight excluding hydrogens is 442 g/mol. The van der Waals surface area contributed by atoms with E-state index >= 15 is 0 Å². The van der Waals surface area contributed by atoms with E-state index in [0.29, 0.717) is 40.2 Å². The number of nitrogens with zero attached hydrogens (tertiary/aromatic N) is 3. The van der Waals surface area contributed by atoms with Gasteiger partial charge in [-0.15, -0.1) is 5.10 Å². The van der Waals surface area contributed by atoms with Crippen LogP contribution in [-0.2, 0) is 4.79 Å². The molecule has 0 aliphatic carbocycles. The predicted octanol–water partition coefficient (Wildman–Crippen LogP) is 4.89. The Labute approximate surface area is 203 Å². The number of carbonyl (C=O) groups excluding carboxylic acids is 1. The molecule has 0 saturated heterocycles. The summed E-state index contributed by atoms with van der Waals surface area (Å²) < 4.78 is 12.8. The number of ether oxygens (including phenoxy) is 2. The van der Waals surface area contributed by atoms with Crippen LogP contribution in [0.4, 0.5) is 11.6 Å². The van der Waals surface area contributed by atoms with Crippen molar-refractivity contribution in [2.75, 3.05) is 24.9 Å². The normalized spacial score (nSPS) is 14.7. The zero-order valence-electron chi connectivity index (χ0n) is 19.6. The number of hydrogen-bond acceptors (Lipinski definition) is 6. The standard InChI is InChI=1S/C27H25N5O3/c1-17-23(26(33)29-19-11-5-4-6-12-19)24(21-14-7-8-15-22(21)35-3)32-27(28-17)30-25(31-32)18-10-9-13-20(16-18)34-2/h4-16,24H,1-3H3,(H,29,33)(H,28,30,31). The maximum Gasteiger partial charge on any atom is 0.255 e. The second kappa shape index (κ2) is 9.34. The maximum atomic E-state index is 13.6. The molecule has 8 heteroatoms. The van der Waals surface area contributed by atoms with Gasteiger partial charge in [-0.1, -0.05) is 48.5 Å². The largest absolute Gasteiger partial charge is 0.497 e. The second-order valence-electron chi connectivity index (χ2n) is 8.06. The van der Waals surface area contributed by atoms with E-state index in [1.165, 1.54) is 0 Å². The number of nitrogens with one attached hydrogen (secondary N) is 2. The Kier molecular flexibility index (Phi) is 5.93. The Hall–Kier alpha value is -4.59. The molecular formula is C27H25N5O3. The number of rotatable bonds is 6. The van der Waals surface area contributed by atoms with Crippen molar-refractivity contribution in [1.29, 1.82) is 0 Å². The first-order chi connectivity index (χ1) is 17.1. The van der Waals surface area contributed by atoms with Gasteiger partial charge in [0.15, 0.2) is 5.82 Å². The van der Waals surface area contributed by atoms with Gasteiger partial charge in [-0.25, -0.2) is 4.68 Å². The Morgan fingerprint density at radius 3 is 2.51 bits per heavy atom. The van der Waals surface area contributed by atoms with Crippen LogP contribution in [0.25, 0.3) is 11.4 Å². The number of carbonyl (C=O) groups is 1. The maximum absolute atomic E-state index is 13.6. The van der Waals surface area contributed by atoms with E-state index in [1.54, 1.807) is 18.9 Å². The SMILES string of the molecule is COc1cccc(-c2nc3n(n2)C(c2ccccc2OC)C(C(=O)Nc2ccccc2)=C(C)N3)c1. The molecule has 0 radical (unpaired) electrons. The zero-order chi connectivity index (χ0) is 24.4. The van der Waals surface area contributed by atoms with E-state index < -0.39 is 6.04 Å². The number of hydrogen-bond donors (Lipinski definition) is 2. The van der Waals surface area contributed by atoms with Crippen LogP contribution < -0.4 is 20.1 Å². The van der Waals surface area contributed by atoms with Crippen molar-refractivity contribution in [1.82, 2.24) is 14.8 Å². The van der Waals surface area contributed by atoms with Gasteiger partial charge in [0.05, 0.1) is 19.8 Å². The van der Waals surface area contributed by atoms with Crippen LogP contribution >= 0.6 is 0 Å². The monoisotopic (exact) mass is 467 g/mol. The minimum atomic E-state index is -0.557. The Bertz CT molecular complexity index is 1410. The van der Waals surface area contributed by atoms with Crippen molar-refractivity contribution in [3.05, 3.63) is 95.7 Å². The lowest BCUT2D eigenvalue weighted by atomic mass is 9.94. The van der Waals surface area contributed by atoms with Crippen LogP contribution in [0.3, 0.4) is 0 Å². The molecule has 1 aromatic heterocycles. The van der Waals surface area contributed by atoms with E-state index in [9.17, 15) is 4.79 Å². The molecule has 0 fully saturated rings. The molecule has 1 atom stereocenters. The Morgan fingerprint density at radius 1 is 0.971 bits per heavy atom. The van der Waals surface area contributed by atoms with Crippen molar-refractivity contribution in [3.63, 3.8) is 0 Å². The number of amides is 1. The lowest BCUT2D eigenvalue weighted by molar-refractivity contribution is -0.113. The molecule has 176 valence electrons. The Morgan fingerprint density at radius 2 is 1.74 bits per heavy atom. The molecule has 5 rings (SSSR count). The first-order valence-electron chi connectivity index (χ1n) is 11.2. The summed E-state index contributed by atoms with van der Waals surface area (Å²) in [5.74, 6) is 2.18. The highest BCUT2D eigenvalue weighted by atomic mass is 16.5. The quantitative estimate of drug-likeness (QED) is 0.420. The summed E-state index contributed by atoms with van der Waals surface area (Å²) >= 11 is 0. The number of allylic oxidation sites excluding steroid dienone is 1. The van der Waals surface area contributed by atoms with Crippen LogP contribution in [0.5, 0.6) is 11.5 Å². The molecule has 4 aromatic rings. The van der Waals surface area contributed by atoms with Gasteiger partial charge in [-0.3, -0.25) is 4.79 Å². The van der Waals surface area contributed by atoms with E-state index in [1.807, 2.05) is 85.8 Å². The molecule has 0 spiro atoms. The van der Waals surface area contributed by atoms with Crippen molar-refractivity contribution >= 4 is 17.5 Å². The average molecular weight is 468 g/mol. The van der Waals surface area contributed by atoms with Crippen LogP contribution in [0, 0.1) is 0 Å². The number of benzene rings is 3. The van der Waals surface area contributed by atoms with Crippen molar-refractivity contribution < 1.29 is 14.3 Å². The first kappa shape index (κ1) is 22.2. The van der Waals surface area contributed by atoms with Gasteiger partial charge in [0.25, 0.3) is 5.91 Å². The van der Waals surface area contributed by atoms with Gasteiger partial charge in [-0.05, 0) is 37.3 Å². The fourth-order valence-electron chi connectivity index (χ4n) is 4.23. The van der Waals surface area contributed by atoms with Crippen molar-refractivity contribution in [3.8, 4) is 22.9 Å². The topological polar surface area (TPSA) is 90.3 Å². The smallest absolute Gasteiger partial charge is 0.255 e. The zero-order valence-corrected chi connectivity index (χ0v) is 19.6. The average Bonchev–Trinajstić information content (AvgIpc) is 3.32. The van der Waals surface area contributed by atoms with Crippen molar-refractivity contribution in [2.24, 2.45) is 0 Å². The molecule has 35 heavy (non-hydrogen) atoms. The molecule has 8 nitrogen and oxygen atoms in total. The van der Waals surface area contributed by atoms with Crippen LogP contribution in [0.1, 0.15) is 18.5 Å². The minimum Gasteiger partial charge on any atom is -0.497 e. The third kappa shape index (κ3) is 4.21. The first-order valence-corrected chi connectivity index (χ1v) is 11.2. The van der Waals surface area contributed by atoms with Gasteiger partial charge in [0.2, 0.25) is 5.95 Å². The number of fused-ring (bicyclic) bond motifs is 1. The molecule has 1 amide bonds. The molecule has 0 bridgehead atoms. The molecule has 2 heterocycles. The summed E-state index contributed by atoms with van der Waals surface area (Å²) in [4.78, 5) is 18.3. The summed E-state index contributed by atoms with van der Waals surface area (Å²) in [7, 11) is 3.24. The van der Waals surface area contributed by atoms with Crippen LogP contribution in [0.2, 0.25) is 0 Å². The summed E-state index contributed by atoms with van der Waals surface area (Å²) in [6.07, 6.45) is 0. The van der Waals surface area contributed by atoms with Gasteiger partial charge < -0.3 is 20.1 Å². The van der Waals surface area contributed by atoms with Crippen LogP contribution in [-0.4, -0.2) is 34.9 Å². The third-order valence-electron chi connectivity index (χ3n) is 5.89. The van der Waals surface area contributed by atoms with Gasteiger partial charge >= 0.3 is 0 Å². The Balaban J connectivity index is 1.63. The number of methoxy groups -OCH3 is 2. The van der Waals surface area contributed by atoms with Crippen LogP contribution in [0.15, 0.2) is 90.1 Å².